The molecule has 3 saturated heterocycles. The van der Waals surface area contributed by atoms with Crippen LogP contribution in [0.4, 0.5) is 0 Å². The average molecular weight is 936 g/mol. The van der Waals surface area contributed by atoms with E-state index < -0.39 is 105 Å². The van der Waals surface area contributed by atoms with Gasteiger partial charge in [0.1, 0.15) is 0 Å². The molecular formula is C35H66N6O17P3-3. The summed E-state index contributed by atoms with van der Waals surface area (Å²) in [5.74, 6) is -1.05. The first-order valence-corrected chi connectivity index (χ1v) is 25.5. The lowest BCUT2D eigenvalue weighted by Crippen LogP contribution is -2.39. The number of carbonyl (C=O) groups is 3. The predicted molar refractivity (Wildman–Crippen MR) is 212 cm³/mol. The average Bonchev–Trinajstić information content (AvgIpc) is 3.92. The van der Waals surface area contributed by atoms with E-state index in [9.17, 15) is 47.9 Å². The highest BCUT2D eigenvalue weighted by atomic mass is 31.2. The van der Waals surface area contributed by atoms with Gasteiger partial charge in [0.25, 0.3) is 23.5 Å². The normalized spacial score (nSPS) is 26.1. The molecule has 356 valence electrons. The van der Waals surface area contributed by atoms with E-state index in [4.69, 9.17) is 44.9 Å². The number of nitrogens with zero attached hydrogens (tertiary/aromatic N) is 3. The highest BCUT2D eigenvalue weighted by Gasteiger charge is 2.41. The van der Waals surface area contributed by atoms with Crippen LogP contribution in [0.2, 0.25) is 0 Å². The van der Waals surface area contributed by atoms with Crippen LogP contribution >= 0.6 is 23.5 Å². The van der Waals surface area contributed by atoms with Crippen LogP contribution in [-0.4, -0.2) is 151 Å². The number of phosphoric ester groups is 3. The van der Waals surface area contributed by atoms with E-state index in [1.165, 1.54) is 14.7 Å². The van der Waals surface area contributed by atoms with Gasteiger partial charge in [-0.2, -0.15) is 0 Å². The first-order valence-electron chi connectivity index (χ1n) is 21.1. The van der Waals surface area contributed by atoms with Gasteiger partial charge in [-0.05, 0) is 77.4 Å². The molecule has 3 fully saturated rings. The summed E-state index contributed by atoms with van der Waals surface area (Å²) in [4.78, 5) is 81.7. The molecule has 0 bridgehead atoms. The summed E-state index contributed by atoms with van der Waals surface area (Å²) in [7, 11) is -15.1. The number of aliphatic hydroxyl groups is 2. The minimum absolute atomic E-state index is 0.0294. The highest BCUT2D eigenvalue weighted by molar-refractivity contribution is 7.46. The van der Waals surface area contributed by atoms with Gasteiger partial charge in [-0.3, -0.25) is 28.1 Å². The molecular weight excluding hydrogens is 869 g/mol. The SMILES string of the molecule is NCCCCCC(=O)N1C[C@H](O)C[C@H]1COP(=O)([O-])O[C@@H]1C[C@@H](COP(=O)([O-])O[C@@H]2C[C@@H](COP(=O)([O-])OCCO)N(C(=O)CCCCCN)C2)N(C(=O)CCCCCN)C1. The van der Waals surface area contributed by atoms with E-state index in [-0.39, 0.29) is 64.1 Å². The summed E-state index contributed by atoms with van der Waals surface area (Å²) in [5, 5.41) is 19.1. The summed E-state index contributed by atoms with van der Waals surface area (Å²) in [6.07, 6.45) is 2.66. The smallest absolute Gasteiger partial charge is 0.268 e. The van der Waals surface area contributed by atoms with Crippen molar-refractivity contribution >= 4 is 41.2 Å². The Balaban J connectivity index is 1.64. The van der Waals surface area contributed by atoms with E-state index in [1.54, 1.807) is 0 Å². The van der Waals surface area contributed by atoms with Crippen molar-refractivity contribution in [2.75, 3.05) is 72.3 Å². The van der Waals surface area contributed by atoms with Crippen LogP contribution in [0.15, 0.2) is 0 Å². The van der Waals surface area contributed by atoms with Crippen LogP contribution in [0.5, 0.6) is 0 Å². The Bertz CT molecular complexity index is 1510. The van der Waals surface area contributed by atoms with Gasteiger partial charge in [-0.25, -0.2) is 0 Å². The van der Waals surface area contributed by atoms with Crippen molar-refractivity contribution in [2.24, 2.45) is 17.2 Å². The standard InChI is InChI=1S/C35H69N6O17P3/c36-13-7-1-4-10-33(44)39-21-30(43)18-27(39)24-55-60(49,50)57-32-20-29(41(23-32)35(46)12-6-3-9-15-38)26-56-61(51,52)58-31-19-28(25-54-59(47,48)53-17-16-42)40(22-31)34(45)11-5-2-8-14-37/h27-32,42-43H,1-26,36-38H2,(H,47,48)(H,49,50)(H,51,52)/p-3/t27-,28-,29-,30+,31+,32+/m0/s1. The molecule has 9 atom stereocenters. The molecule has 0 aromatic carbocycles. The van der Waals surface area contributed by atoms with Gasteiger partial charge in [0.05, 0.1) is 69.5 Å². The van der Waals surface area contributed by atoms with E-state index in [0.29, 0.717) is 64.6 Å². The number of rotatable bonds is 31. The first-order chi connectivity index (χ1) is 28.9. The minimum Gasteiger partial charge on any atom is -0.756 e. The third-order valence-electron chi connectivity index (χ3n) is 10.6. The van der Waals surface area contributed by atoms with Crippen molar-refractivity contribution in [3.05, 3.63) is 0 Å². The number of carbonyl (C=O) groups excluding carboxylic acids is 3. The number of unbranched alkanes of at least 4 members (excludes halogenated alkanes) is 6. The van der Waals surface area contributed by atoms with Crippen molar-refractivity contribution in [3.8, 4) is 0 Å². The molecule has 61 heavy (non-hydrogen) atoms. The Morgan fingerprint density at radius 2 is 0.902 bits per heavy atom. The maximum atomic E-state index is 13.4. The molecule has 0 saturated carbocycles. The summed E-state index contributed by atoms with van der Waals surface area (Å²) in [6.45, 7) is -1.89. The number of hydrogen-bond donors (Lipinski definition) is 5. The van der Waals surface area contributed by atoms with E-state index >= 15 is 0 Å². The number of β-amino-alcohol motifs (C(OH)–C–C–N with tert-alkyl or cyclic N) is 1. The number of amides is 3. The number of likely N-dealkylation sites (tertiary alicyclic amines) is 3. The van der Waals surface area contributed by atoms with Crippen LogP contribution in [0.1, 0.15) is 96.3 Å². The molecule has 3 aliphatic rings. The van der Waals surface area contributed by atoms with Gasteiger partial charge in [-0.15, -0.1) is 0 Å². The van der Waals surface area contributed by atoms with Crippen LogP contribution in [0.25, 0.3) is 0 Å². The third-order valence-corrected chi connectivity index (χ3v) is 13.6. The van der Waals surface area contributed by atoms with Crippen LogP contribution < -0.4 is 31.9 Å². The number of hydrogen-bond acceptors (Lipinski definition) is 20. The molecule has 0 aromatic rings. The van der Waals surface area contributed by atoms with Gasteiger partial charge in [-0.1, -0.05) is 19.3 Å². The van der Waals surface area contributed by atoms with Gasteiger partial charge < -0.3 is 83.9 Å². The van der Waals surface area contributed by atoms with Gasteiger partial charge in [0.2, 0.25) is 17.7 Å². The molecule has 0 spiro atoms. The number of nitrogens with two attached hydrogens (primary N) is 3. The monoisotopic (exact) mass is 935 g/mol. The lowest BCUT2D eigenvalue weighted by molar-refractivity contribution is -0.232. The summed E-state index contributed by atoms with van der Waals surface area (Å²) in [6, 6.07) is -2.62. The molecule has 23 nitrogen and oxygen atoms in total. The second-order valence-electron chi connectivity index (χ2n) is 15.5. The second kappa shape index (κ2) is 27.1. The van der Waals surface area contributed by atoms with Gasteiger partial charge in [0, 0.05) is 38.9 Å². The fourth-order valence-electron chi connectivity index (χ4n) is 7.55. The fraction of sp³-hybridized carbons (Fsp3) is 0.914. The zero-order valence-corrected chi connectivity index (χ0v) is 37.5. The van der Waals surface area contributed by atoms with E-state index in [0.717, 1.165) is 12.8 Å². The van der Waals surface area contributed by atoms with Crippen LogP contribution in [0, 0.1) is 0 Å². The van der Waals surface area contributed by atoms with Crippen molar-refractivity contribution in [1.82, 2.24) is 14.7 Å². The first kappa shape index (κ1) is 53.9. The molecule has 3 amide bonds. The van der Waals surface area contributed by atoms with Gasteiger partial charge in [0.15, 0.2) is 0 Å². The Kier molecular flexibility index (Phi) is 24.0. The van der Waals surface area contributed by atoms with Crippen molar-refractivity contribution in [2.45, 2.75) is 133 Å². The van der Waals surface area contributed by atoms with E-state index in [1.807, 2.05) is 0 Å². The lowest BCUT2D eigenvalue weighted by atomic mass is 10.1. The van der Waals surface area contributed by atoms with E-state index in [2.05, 4.69) is 4.52 Å². The maximum Gasteiger partial charge on any atom is 0.268 e. The van der Waals surface area contributed by atoms with Crippen LogP contribution in [0.3, 0.4) is 0 Å². The topological polar surface area (TPSA) is 355 Å². The molecule has 3 rings (SSSR count). The molecule has 3 aliphatic heterocycles. The molecule has 26 heteroatoms. The second-order valence-corrected chi connectivity index (χ2v) is 19.6. The Labute approximate surface area is 357 Å². The number of phosphoric acid groups is 3. The summed E-state index contributed by atoms with van der Waals surface area (Å²) in [5.41, 5.74) is 16.6. The van der Waals surface area contributed by atoms with Crippen molar-refractivity contribution in [1.29, 1.82) is 0 Å². The van der Waals surface area contributed by atoms with Crippen LogP contribution in [-0.2, 0) is 55.2 Å². The predicted octanol–water partition coefficient (Wildman–Crippen LogP) is -1.06. The minimum atomic E-state index is -5.18. The van der Waals surface area contributed by atoms with Crippen molar-refractivity contribution in [3.63, 3.8) is 0 Å². The molecule has 0 aliphatic carbocycles. The number of aliphatic hydroxyl groups excluding tert-OH is 2. The third kappa shape index (κ3) is 19.7. The highest BCUT2D eigenvalue weighted by Crippen LogP contribution is 2.46. The molecule has 3 unspecified atom stereocenters. The van der Waals surface area contributed by atoms with Gasteiger partial charge >= 0.3 is 0 Å². The maximum absolute atomic E-state index is 13.4. The molecule has 3 heterocycles. The molecule has 0 aromatic heterocycles. The quantitative estimate of drug-likeness (QED) is 0.0409. The zero-order chi connectivity index (χ0) is 45.1. The molecule has 8 N–H and O–H groups in total. The Morgan fingerprint density at radius 1 is 0.541 bits per heavy atom. The summed E-state index contributed by atoms with van der Waals surface area (Å²) >= 11 is 0. The zero-order valence-electron chi connectivity index (χ0n) is 34.8. The van der Waals surface area contributed by atoms with Crippen molar-refractivity contribution < 1.29 is 80.1 Å². The largest absolute Gasteiger partial charge is 0.756 e. The lowest BCUT2D eigenvalue weighted by Gasteiger charge is -2.30. The fourth-order valence-corrected chi connectivity index (χ4v) is 10.2. The Hall–Kier alpha value is -1.46. The Morgan fingerprint density at radius 3 is 1.28 bits per heavy atom. The molecule has 0 radical (unpaired) electrons. The summed E-state index contributed by atoms with van der Waals surface area (Å²) < 4.78 is 69.0.